The van der Waals surface area contributed by atoms with Crippen molar-refractivity contribution in [3.8, 4) is 0 Å². The molecule has 2 atom stereocenters. The van der Waals surface area contributed by atoms with E-state index in [4.69, 9.17) is 16.3 Å². The van der Waals surface area contributed by atoms with E-state index in [1.807, 2.05) is 0 Å². The summed E-state index contributed by atoms with van der Waals surface area (Å²) < 4.78 is 4.79. The Labute approximate surface area is 121 Å². The van der Waals surface area contributed by atoms with Gasteiger partial charge in [-0.2, -0.15) is 0 Å². The Hall–Kier alpha value is -1.40. The predicted molar refractivity (Wildman–Crippen MR) is 72.8 cm³/mol. The lowest BCUT2D eigenvalue weighted by atomic mass is 10.2. The molecule has 1 aromatic rings. The van der Waals surface area contributed by atoms with Crippen molar-refractivity contribution in [2.75, 3.05) is 18.6 Å². The van der Waals surface area contributed by atoms with Crippen molar-refractivity contribution >= 4 is 23.4 Å². The maximum absolute atomic E-state index is 11.8. The average molecular weight is 298 g/mol. The number of methoxy groups -OCH3 is 1. The molecule has 2 heterocycles. The first-order valence-corrected chi connectivity index (χ1v) is 7.03. The highest BCUT2D eigenvalue weighted by Crippen LogP contribution is 2.39. The van der Waals surface area contributed by atoms with Crippen LogP contribution in [0.3, 0.4) is 0 Å². The molecule has 0 radical (unpaired) electrons. The fraction of sp³-hybridized carbons (Fsp3) is 0.615. The van der Waals surface area contributed by atoms with E-state index in [-0.39, 0.29) is 5.97 Å². The number of carbonyl (C=O) groups excluding carboxylic acids is 1. The molecular weight excluding hydrogens is 282 g/mol. The first-order chi connectivity index (χ1) is 9.58. The second-order valence-corrected chi connectivity index (χ2v) is 5.65. The van der Waals surface area contributed by atoms with E-state index in [1.165, 1.54) is 7.11 Å². The molecule has 0 spiro atoms. The fourth-order valence-corrected chi connectivity index (χ4v) is 2.70. The summed E-state index contributed by atoms with van der Waals surface area (Å²) in [5, 5.41) is 10.2. The Morgan fingerprint density at radius 1 is 1.50 bits per heavy atom. The Bertz CT molecular complexity index is 536. The number of carbonyl (C=O) groups is 1. The Morgan fingerprint density at radius 2 is 2.25 bits per heavy atom. The highest BCUT2D eigenvalue weighted by molar-refractivity contribution is 6.29. The van der Waals surface area contributed by atoms with Crippen LogP contribution in [0.15, 0.2) is 6.07 Å². The molecule has 2 aliphatic rings. The summed E-state index contributed by atoms with van der Waals surface area (Å²) >= 11 is 6.04. The summed E-state index contributed by atoms with van der Waals surface area (Å²) in [4.78, 5) is 22.3. The highest BCUT2D eigenvalue weighted by Gasteiger charge is 2.38. The van der Waals surface area contributed by atoms with Crippen LogP contribution in [0.5, 0.6) is 0 Å². The van der Waals surface area contributed by atoms with Crippen LogP contribution < -0.4 is 4.90 Å². The summed E-state index contributed by atoms with van der Waals surface area (Å²) in [7, 11) is 1.34. The zero-order valence-corrected chi connectivity index (χ0v) is 11.9. The van der Waals surface area contributed by atoms with E-state index >= 15 is 0 Å². The van der Waals surface area contributed by atoms with Crippen molar-refractivity contribution in [1.29, 1.82) is 0 Å². The van der Waals surface area contributed by atoms with Crippen LogP contribution in [-0.2, 0) is 9.53 Å². The van der Waals surface area contributed by atoms with Crippen LogP contribution >= 0.6 is 11.6 Å². The summed E-state index contributed by atoms with van der Waals surface area (Å²) in [5.41, 5.74) is 0. The summed E-state index contributed by atoms with van der Waals surface area (Å²) in [6.07, 6.45) is 1.91. The van der Waals surface area contributed by atoms with Crippen molar-refractivity contribution in [2.24, 2.45) is 0 Å². The highest BCUT2D eigenvalue weighted by atomic mass is 35.5. The van der Waals surface area contributed by atoms with Gasteiger partial charge in [-0.3, -0.25) is 0 Å². The quantitative estimate of drug-likeness (QED) is 0.665. The third-order valence-electron chi connectivity index (χ3n) is 3.69. The minimum absolute atomic E-state index is 0.340. The number of hydrogen-bond donors (Lipinski definition) is 1. The molecule has 1 saturated carbocycles. The lowest BCUT2D eigenvalue weighted by Gasteiger charge is -2.23. The van der Waals surface area contributed by atoms with Crippen molar-refractivity contribution in [3.05, 3.63) is 17.0 Å². The number of β-amino-alcohol motifs (C(OH)–C–C–N with tert-alkyl or cyclic N) is 1. The van der Waals surface area contributed by atoms with E-state index in [1.54, 1.807) is 11.0 Å². The van der Waals surface area contributed by atoms with E-state index in [2.05, 4.69) is 9.97 Å². The number of hydrogen-bond acceptors (Lipinski definition) is 6. The zero-order valence-electron chi connectivity index (χ0n) is 11.1. The Morgan fingerprint density at radius 3 is 2.90 bits per heavy atom. The Kier molecular flexibility index (Phi) is 3.52. The molecule has 3 rings (SSSR count). The molecule has 1 N–H and O–H groups in total. The number of nitrogens with zero attached hydrogens (tertiary/aromatic N) is 3. The molecule has 2 fully saturated rings. The lowest BCUT2D eigenvalue weighted by molar-refractivity contribution is -0.142. The molecule has 0 bridgehead atoms. The first kappa shape index (κ1) is 13.6. The SMILES string of the molecule is COC(=O)[C@@H]1C[C@@H](O)CN1c1cc(Cl)nc(C2CC2)n1. The van der Waals surface area contributed by atoms with Gasteiger partial charge in [0.05, 0.1) is 13.2 Å². The minimum atomic E-state index is -0.572. The molecule has 0 amide bonds. The molecular formula is C13H16ClN3O3. The van der Waals surface area contributed by atoms with E-state index < -0.39 is 12.1 Å². The van der Waals surface area contributed by atoms with E-state index in [9.17, 15) is 9.90 Å². The van der Waals surface area contributed by atoms with Crippen molar-refractivity contribution in [2.45, 2.75) is 37.3 Å². The number of ether oxygens (including phenoxy) is 1. The van der Waals surface area contributed by atoms with Crippen molar-refractivity contribution in [3.63, 3.8) is 0 Å². The third kappa shape index (κ3) is 2.58. The molecule has 1 saturated heterocycles. The second-order valence-electron chi connectivity index (χ2n) is 5.26. The van der Waals surface area contributed by atoms with Crippen LogP contribution in [0.1, 0.15) is 31.0 Å². The van der Waals surface area contributed by atoms with Crippen molar-refractivity contribution < 1.29 is 14.6 Å². The maximum atomic E-state index is 11.8. The van der Waals surface area contributed by atoms with Crippen LogP contribution in [0, 0.1) is 0 Å². The third-order valence-corrected chi connectivity index (χ3v) is 3.88. The van der Waals surface area contributed by atoms with E-state index in [0.29, 0.717) is 29.9 Å². The van der Waals surface area contributed by atoms with Gasteiger partial charge >= 0.3 is 5.97 Å². The van der Waals surface area contributed by atoms with Gasteiger partial charge in [0.15, 0.2) is 0 Å². The summed E-state index contributed by atoms with van der Waals surface area (Å²) in [6.45, 7) is 0.344. The standard InChI is InChI=1S/C13H16ClN3O3/c1-20-13(19)9-4-8(18)6-17(9)11-5-10(14)15-12(16-11)7-2-3-7/h5,7-9,18H,2-4,6H2,1H3/t8-,9+/m1/s1. The number of halogens is 1. The maximum Gasteiger partial charge on any atom is 0.328 e. The minimum Gasteiger partial charge on any atom is -0.467 e. The molecule has 7 heteroatoms. The predicted octanol–water partition coefficient (Wildman–Crippen LogP) is 1.12. The summed E-state index contributed by atoms with van der Waals surface area (Å²) in [5.74, 6) is 1.30. The molecule has 20 heavy (non-hydrogen) atoms. The number of aromatic nitrogens is 2. The summed E-state index contributed by atoms with van der Waals surface area (Å²) in [6, 6.07) is 1.11. The largest absolute Gasteiger partial charge is 0.467 e. The number of rotatable bonds is 3. The topological polar surface area (TPSA) is 75.6 Å². The number of aliphatic hydroxyl groups is 1. The van der Waals surface area contributed by atoms with Gasteiger partial charge in [-0.25, -0.2) is 14.8 Å². The van der Waals surface area contributed by atoms with Gasteiger partial charge in [0.1, 0.15) is 22.8 Å². The molecule has 0 aromatic carbocycles. The molecule has 0 unspecified atom stereocenters. The Balaban J connectivity index is 1.92. The van der Waals surface area contributed by atoms with Gasteiger partial charge < -0.3 is 14.7 Å². The molecule has 108 valence electrons. The number of anilines is 1. The molecule has 1 aliphatic carbocycles. The van der Waals surface area contributed by atoms with Crippen LogP contribution in [-0.4, -0.2) is 46.8 Å². The average Bonchev–Trinajstić information content (AvgIpc) is 3.20. The second kappa shape index (κ2) is 5.18. The lowest BCUT2D eigenvalue weighted by Crippen LogP contribution is -2.37. The van der Waals surface area contributed by atoms with Crippen molar-refractivity contribution in [1.82, 2.24) is 9.97 Å². The van der Waals surface area contributed by atoms with Crippen LogP contribution in [0.4, 0.5) is 5.82 Å². The van der Waals surface area contributed by atoms with Crippen LogP contribution in [0.2, 0.25) is 5.15 Å². The van der Waals surface area contributed by atoms with Gasteiger partial charge in [-0.05, 0) is 12.8 Å². The van der Waals surface area contributed by atoms with Gasteiger partial charge in [0.25, 0.3) is 0 Å². The molecule has 1 aliphatic heterocycles. The normalized spacial score (nSPS) is 25.9. The molecule has 6 nitrogen and oxygen atoms in total. The fourth-order valence-electron chi connectivity index (χ4n) is 2.52. The first-order valence-electron chi connectivity index (χ1n) is 6.65. The number of aliphatic hydroxyl groups excluding tert-OH is 1. The number of esters is 1. The van der Waals surface area contributed by atoms with Gasteiger partial charge in [0.2, 0.25) is 0 Å². The molecule has 1 aromatic heterocycles. The smallest absolute Gasteiger partial charge is 0.328 e. The van der Waals surface area contributed by atoms with Gasteiger partial charge in [0, 0.05) is 24.9 Å². The van der Waals surface area contributed by atoms with Crippen LogP contribution in [0.25, 0.3) is 0 Å². The van der Waals surface area contributed by atoms with E-state index in [0.717, 1.165) is 18.7 Å². The van der Waals surface area contributed by atoms with Gasteiger partial charge in [-0.1, -0.05) is 11.6 Å². The zero-order chi connectivity index (χ0) is 14.3. The monoisotopic (exact) mass is 297 g/mol. The van der Waals surface area contributed by atoms with Gasteiger partial charge in [-0.15, -0.1) is 0 Å².